The van der Waals surface area contributed by atoms with Crippen molar-refractivity contribution in [1.29, 1.82) is 0 Å². The van der Waals surface area contributed by atoms with Crippen LogP contribution in [0.3, 0.4) is 0 Å². The van der Waals surface area contributed by atoms with Crippen molar-refractivity contribution in [2.45, 2.75) is 33.6 Å². The van der Waals surface area contributed by atoms with E-state index >= 15 is 0 Å². The molecule has 0 saturated heterocycles. The molecule has 0 fully saturated rings. The van der Waals surface area contributed by atoms with Gasteiger partial charge in [-0.3, -0.25) is 4.79 Å². The summed E-state index contributed by atoms with van der Waals surface area (Å²) >= 11 is 0. The Morgan fingerprint density at radius 2 is 1.88 bits per heavy atom. The van der Waals surface area contributed by atoms with Crippen molar-refractivity contribution in [3.05, 3.63) is 53.1 Å². The van der Waals surface area contributed by atoms with Crippen LogP contribution >= 0.6 is 0 Å². The topological polar surface area (TPSA) is 47.6 Å². The summed E-state index contributed by atoms with van der Waals surface area (Å²) in [5, 5.41) is 2.83. The number of methoxy groups -OCH3 is 1. The van der Waals surface area contributed by atoms with Crippen molar-refractivity contribution < 1.29 is 14.3 Å². The highest BCUT2D eigenvalue weighted by Gasteiger charge is 2.10. The van der Waals surface area contributed by atoms with Crippen LogP contribution in [0.2, 0.25) is 0 Å². The molecule has 0 bridgehead atoms. The number of anilines is 1. The number of aryl methyl sites for hydroxylation is 2. The van der Waals surface area contributed by atoms with Gasteiger partial charge in [-0.15, -0.1) is 0 Å². The number of amides is 1. The lowest BCUT2D eigenvalue weighted by Gasteiger charge is -2.13. The minimum atomic E-state index is -0.218. The first-order valence-electron chi connectivity index (χ1n) is 8.08. The van der Waals surface area contributed by atoms with E-state index in [0.717, 1.165) is 5.56 Å². The highest BCUT2D eigenvalue weighted by atomic mass is 16.5. The Morgan fingerprint density at radius 3 is 2.50 bits per heavy atom. The first-order chi connectivity index (χ1) is 11.4. The molecule has 0 atom stereocenters. The molecule has 2 aromatic rings. The number of ether oxygens (including phenoxy) is 2. The Kier molecular flexibility index (Phi) is 5.85. The maximum atomic E-state index is 12.1. The van der Waals surface area contributed by atoms with E-state index in [9.17, 15) is 4.79 Å². The Morgan fingerprint density at radius 1 is 1.12 bits per heavy atom. The van der Waals surface area contributed by atoms with Crippen molar-refractivity contribution in [2.24, 2.45) is 0 Å². The summed E-state index contributed by atoms with van der Waals surface area (Å²) in [5.74, 6) is 1.58. The molecule has 4 heteroatoms. The number of hydrogen-bond donors (Lipinski definition) is 1. The minimum absolute atomic E-state index is 0.0441. The third-order valence-electron chi connectivity index (χ3n) is 3.86. The number of carbonyl (C=O) groups is 1. The summed E-state index contributed by atoms with van der Waals surface area (Å²) in [4.78, 5) is 12.1. The molecule has 0 aromatic heterocycles. The zero-order valence-corrected chi connectivity index (χ0v) is 15.0. The highest BCUT2D eigenvalue weighted by Crippen LogP contribution is 2.26. The molecular weight excluding hydrogens is 302 g/mol. The maximum Gasteiger partial charge on any atom is 0.262 e. The van der Waals surface area contributed by atoms with Gasteiger partial charge in [-0.05, 0) is 60.7 Å². The lowest BCUT2D eigenvalue weighted by Crippen LogP contribution is -2.20. The van der Waals surface area contributed by atoms with Crippen LogP contribution in [0.15, 0.2) is 36.4 Å². The number of carbonyl (C=O) groups excluding carboxylic acids is 1. The standard InChI is InChI=1S/C20H25NO3/c1-13(2)17-8-7-16(11-15(17)4)24-12-20(22)21-18-10-14(3)6-9-19(18)23-5/h6-11,13H,12H2,1-5H3,(H,21,22). The van der Waals surface area contributed by atoms with Crippen molar-refractivity contribution in [2.75, 3.05) is 19.0 Å². The summed E-state index contributed by atoms with van der Waals surface area (Å²) in [6, 6.07) is 11.6. The summed E-state index contributed by atoms with van der Waals surface area (Å²) in [6.07, 6.45) is 0. The molecule has 0 unspecified atom stereocenters. The molecule has 0 aliphatic heterocycles. The fourth-order valence-electron chi connectivity index (χ4n) is 2.64. The molecule has 1 amide bonds. The van der Waals surface area contributed by atoms with Crippen LogP contribution in [0.25, 0.3) is 0 Å². The molecule has 1 N–H and O–H groups in total. The van der Waals surface area contributed by atoms with E-state index in [-0.39, 0.29) is 12.5 Å². The molecule has 2 rings (SSSR count). The summed E-state index contributed by atoms with van der Waals surface area (Å²) in [5.41, 5.74) is 4.16. The molecule has 2 aromatic carbocycles. The molecule has 0 heterocycles. The third-order valence-corrected chi connectivity index (χ3v) is 3.86. The van der Waals surface area contributed by atoms with Gasteiger partial charge in [-0.25, -0.2) is 0 Å². The second kappa shape index (κ2) is 7.86. The van der Waals surface area contributed by atoms with Crippen molar-refractivity contribution in [3.63, 3.8) is 0 Å². The predicted molar refractivity (Wildman–Crippen MR) is 97.1 cm³/mol. The lowest BCUT2D eigenvalue weighted by atomic mass is 9.98. The second-order valence-corrected chi connectivity index (χ2v) is 6.21. The van der Waals surface area contributed by atoms with E-state index in [1.807, 2.05) is 37.3 Å². The Bertz CT molecular complexity index is 723. The zero-order chi connectivity index (χ0) is 17.7. The van der Waals surface area contributed by atoms with Crippen LogP contribution in [-0.4, -0.2) is 19.6 Å². The van der Waals surface area contributed by atoms with Gasteiger partial charge in [-0.2, -0.15) is 0 Å². The molecule has 0 saturated carbocycles. The molecule has 0 spiro atoms. The van der Waals surface area contributed by atoms with Gasteiger partial charge in [0.05, 0.1) is 12.8 Å². The van der Waals surface area contributed by atoms with Gasteiger partial charge in [0.15, 0.2) is 6.61 Å². The van der Waals surface area contributed by atoms with Crippen LogP contribution in [0, 0.1) is 13.8 Å². The van der Waals surface area contributed by atoms with Gasteiger partial charge < -0.3 is 14.8 Å². The van der Waals surface area contributed by atoms with E-state index in [0.29, 0.717) is 23.1 Å². The van der Waals surface area contributed by atoms with Crippen molar-refractivity contribution in [3.8, 4) is 11.5 Å². The fourth-order valence-corrected chi connectivity index (χ4v) is 2.64. The van der Waals surface area contributed by atoms with E-state index in [1.54, 1.807) is 7.11 Å². The van der Waals surface area contributed by atoms with Crippen LogP contribution in [-0.2, 0) is 4.79 Å². The average Bonchev–Trinajstić information content (AvgIpc) is 2.53. The number of benzene rings is 2. The van der Waals surface area contributed by atoms with E-state index in [2.05, 4.69) is 32.2 Å². The molecule has 0 radical (unpaired) electrons. The van der Waals surface area contributed by atoms with Gasteiger partial charge in [-0.1, -0.05) is 26.0 Å². The van der Waals surface area contributed by atoms with E-state index in [4.69, 9.17) is 9.47 Å². The highest BCUT2D eigenvalue weighted by molar-refractivity contribution is 5.93. The van der Waals surface area contributed by atoms with Gasteiger partial charge in [0.25, 0.3) is 5.91 Å². The molecule has 128 valence electrons. The monoisotopic (exact) mass is 327 g/mol. The van der Waals surface area contributed by atoms with E-state index in [1.165, 1.54) is 11.1 Å². The Labute approximate surface area is 143 Å². The smallest absolute Gasteiger partial charge is 0.262 e. The van der Waals surface area contributed by atoms with Crippen LogP contribution in [0.5, 0.6) is 11.5 Å². The SMILES string of the molecule is COc1ccc(C)cc1NC(=O)COc1ccc(C(C)C)c(C)c1. The van der Waals surface area contributed by atoms with Crippen molar-refractivity contribution in [1.82, 2.24) is 0 Å². The van der Waals surface area contributed by atoms with Gasteiger partial charge in [0.2, 0.25) is 0 Å². The fraction of sp³-hybridized carbons (Fsp3) is 0.350. The lowest BCUT2D eigenvalue weighted by molar-refractivity contribution is -0.118. The Balaban J connectivity index is 1.99. The summed E-state index contributed by atoms with van der Waals surface area (Å²) in [7, 11) is 1.58. The van der Waals surface area contributed by atoms with Crippen LogP contribution < -0.4 is 14.8 Å². The summed E-state index contributed by atoms with van der Waals surface area (Å²) in [6.45, 7) is 8.29. The average molecular weight is 327 g/mol. The molecular formula is C20H25NO3. The first-order valence-corrected chi connectivity index (χ1v) is 8.08. The molecule has 4 nitrogen and oxygen atoms in total. The summed E-state index contributed by atoms with van der Waals surface area (Å²) < 4.78 is 10.9. The molecule has 0 aliphatic carbocycles. The molecule has 24 heavy (non-hydrogen) atoms. The quantitative estimate of drug-likeness (QED) is 0.852. The number of rotatable bonds is 6. The first kappa shape index (κ1) is 17.9. The van der Waals surface area contributed by atoms with Crippen LogP contribution in [0.4, 0.5) is 5.69 Å². The Hall–Kier alpha value is -2.49. The van der Waals surface area contributed by atoms with Crippen LogP contribution in [0.1, 0.15) is 36.5 Å². The second-order valence-electron chi connectivity index (χ2n) is 6.21. The van der Waals surface area contributed by atoms with Gasteiger partial charge in [0, 0.05) is 0 Å². The molecule has 0 aliphatic rings. The number of hydrogen-bond acceptors (Lipinski definition) is 3. The normalized spacial score (nSPS) is 10.6. The van der Waals surface area contributed by atoms with Crippen molar-refractivity contribution >= 4 is 11.6 Å². The third kappa shape index (κ3) is 4.51. The number of nitrogens with one attached hydrogen (secondary N) is 1. The van der Waals surface area contributed by atoms with Gasteiger partial charge >= 0.3 is 0 Å². The largest absolute Gasteiger partial charge is 0.495 e. The van der Waals surface area contributed by atoms with E-state index < -0.39 is 0 Å². The maximum absolute atomic E-state index is 12.1. The minimum Gasteiger partial charge on any atom is -0.495 e. The zero-order valence-electron chi connectivity index (χ0n) is 15.0. The van der Waals surface area contributed by atoms with Gasteiger partial charge in [0.1, 0.15) is 11.5 Å². The predicted octanol–water partition coefficient (Wildman–Crippen LogP) is 4.45.